The minimum Gasteiger partial charge on any atom is -0.348 e. The normalized spacial score (nSPS) is 12.5. The van der Waals surface area contributed by atoms with E-state index in [1.807, 2.05) is 91.9 Å². The highest BCUT2D eigenvalue weighted by molar-refractivity contribution is 5.94. The van der Waals surface area contributed by atoms with Gasteiger partial charge in [-0.3, -0.25) is 9.59 Å². The zero-order valence-corrected chi connectivity index (χ0v) is 20.7. The predicted octanol–water partition coefficient (Wildman–Crippen LogP) is 4.99. The molecule has 0 heterocycles. The quantitative estimate of drug-likeness (QED) is 0.336. The number of rotatable bonds is 11. The molecule has 0 aromatic heterocycles. The summed E-state index contributed by atoms with van der Waals surface area (Å²) in [5, 5.41) is 8.63. The van der Waals surface area contributed by atoms with E-state index < -0.39 is 12.1 Å². The van der Waals surface area contributed by atoms with Crippen LogP contribution >= 0.6 is 0 Å². The number of carbonyl (C=O) groups is 3. The first-order chi connectivity index (χ1) is 17.4. The third-order valence-corrected chi connectivity index (χ3v) is 5.69. The number of hydrogen-bond donors (Lipinski definition) is 3. The van der Waals surface area contributed by atoms with E-state index >= 15 is 0 Å². The van der Waals surface area contributed by atoms with Gasteiger partial charge in [-0.1, -0.05) is 84.4 Å². The lowest BCUT2D eigenvalue weighted by Crippen LogP contribution is -2.51. The van der Waals surface area contributed by atoms with Crippen LogP contribution < -0.4 is 16.0 Å². The van der Waals surface area contributed by atoms with Gasteiger partial charge in [0.15, 0.2) is 5.78 Å². The number of hydrogen-bond acceptors (Lipinski definition) is 3. The van der Waals surface area contributed by atoms with Crippen molar-refractivity contribution in [1.82, 2.24) is 10.6 Å². The lowest BCUT2D eigenvalue weighted by atomic mass is 10.0. The van der Waals surface area contributed by atoms with Crippen LogP contribution in [-0.2, 0) is 22.4 Å². The van der Waals surface area contributed by atoms with Gasteiger partial charge < -0.3 is 16.0 Å². The van der Waals surface area contributed by atoms with Crippen LogP contribution in [0.2, 0.25) is 0 Å². The topological polar surface area (TPSA) is 87.3 Å². The summed E-state index contributed by atoms with van der Waals surface area (Å²) in [6, 6.07) is 25.3. The summed E-state index contributed by atoms with van der Waals surface area (Å²) in [6.45, 7) is 3.45. The molecule has 0 aliphatic heterocycles. The molecule has 3 aromatic rings. The molecule has 0 aliphatic carbocycles. The first-order valence-corrected chi connectivity index (χ1v) is 12.1. The highest BCUT2D eigenvalue weighted by atomic mass is 16.2. The minimum absolute atomic E-state index is 0.0922. The lowest BCUT2D eigenvalue weighted by Gasteiger charge is -2.22. The zero-order valence-electron chi connectivity index (χ0n) is 20.7. The molecule has 0 saturated carbocycles. The van der Waals surface area contributed by atoms with Crippen molar-refractivity contribution in [3.8, 4) is 0 Å². The Labute approximate surface area is 212 Å². The first-order valence-electron chi connectivity index (χ1n) is 12.1. The lowest BCUT2D eigenvalue weighted by molar-refractivity contribution is -0.123. The minimum atomic E-state index is -0.803. The molecule has 0 aliphatic rings. The second-order valence-electron chi connectivity index (χ2n) is 8.82. The Morgan fingerprint density at radius 2 is 1.42 bits per heavy atom. The number of nitrogens with one attached hydrogen (secondary N) is 3. The molecule has 0 spiro atoms. The molecular weight excluding hydrogens is 450 g/mol. The van der Waals surface area contributed by atoms with E-state index in [-0.39, 0.29) is 17.7 Å². The van der Waals surface area contributed by atoms with Crippen molar-refractivity contribution in [2.75, 3.05) is 5.32 Å². The molecule has 3 aromatic carbocycles. The summed E-state index contributed by atoms with van der Waals surface area (Å²) in [5.41, 5.74) is 3.79. The Kier molecular flexibility index (Phi) is 10.0. The van der Waals surface area contributed by atoms with Crippen molar-refractivity contribution in [2.45, 2.75) is 45.2 Å². The molecule has 3 amide bonds. The molecule has 3 rings (SSSR count). The van der Waals surface area contributed by atoms with E-state index in [1.54, 1.807) is 6.08 Å². The number of ketones is 1. The van der Waals surface area contributed by atoms with Crippen molar-refractivity contribution in [3.63, 3.8) is 0 Å². The van der Waals surface area contributed by atoms with Crippen LogP contribution in [0.25, 0.3) is 0 Å². The molecule has 0 fully saturated rings. The van der Waals surface area contributed by atoms with Crippen molar-refractivity contribution >= 4 is 23.4 Å². The van der Waals surface area contributed by atoms with Crippen molar-refractivity contribution in [1.29, 1.82) is 0 Å². The molecule has 3 N–H and O–H groups in total. The SMILES string of the molecule is CC(=O)/C=C/[C@H](CCc1ccccc1)NC(=O)[C@H](Cc1ccccc1)NC(=O)Nc1ccc(C)cc1. The van der Waals surface area contributed by atoms with Gasteiger partial charge in [0.25, 0.3) is 0 Å². The van der Waals surface area contributed by atoms with Gasteiger partial charge >= 0.3 is 6.03 Å². The number of amides is 3. The molecule has 0 saturated heterocycles. The number of urea groups is 1. The largest absolute Gasteiger partial charge is 0.348 e. The fourth-order valence-corrected chi connectivity index (χ4v) is 3.74. The fourth-order valence-electron chi connectivity index (χ4n) is 3.74. The van der Waals surface area contributed by atoms with Gasteiger partial charge in [0.1, 0.15) is 6.04 Å². The van der Waals surface area contributed by atoms with E-state index in [0.717, 1.165) is 23.1 Å². The van der Waals surface area contributed by atoms with Crippen LogP contribution in [0.15, 0.2) is 97.1 Å². The molecular formula is C30H33N3O3. The number of anilines is 1. The summed E-state index contributed by atoms with van der Waals surface area (Å²) in [5.74, 6) is -0.408. The van der Waals surface area contributed by atoms with Gasteiger partial charge in [0.05, 0.1) is 0 Å². The zero-order chi connectivity index (χ0) is 25.8. The molecule has 0 unspecified atom stereocenters. The average Bonchev–Trinajstić information content (AvgIpc) is 2.87. The maximum absolute atomic E-state index is 13.4. The Morgan fingerprint density at radius 1 is 0.806 bits per heavy atom. The summed E-state index contributed by atoms with van der Waals surface area (Å²) in [6.07, 6.45) is 4.87. The van der Waals surface area contributed by atoms with Crippen LogP contribution in [-0.4, -0.2) is 29.8 Å². The smallest absolute Gasteiger partial charge is 0.319 e. The van der Waals surface area contributed by atoms with Gasteiger partial charge in [-0.2, -0.15) is 0 Å². The van der Waals surface area contributed by atoms with Crippen molar-refractivity contribution < 1.29 is 14.4 Å². The Morgan fingerprint density at radius 3 is 2.03 bits per heavy atom. The number of carbonyl (C=O) groups excluding carboxylic acids is 3. The van der Waals surface area contributed by atoms with Gasteiger partial charge in [0.2, 0.25) is 5.91 Å². The Balaban J connectivity index is 1.72. The molecule has 2 atom stereocenters. The maximum Gasteiger partial charge on any atom is 0.319 e. The number of benzene rings is 3. The maximum atomic E-state index is 13.4. The van der Waals surface area contributed by atoms with Gasteiger partial charge in [-0.15, -0.1) is 0 Å². The van der Waals surface area contributed by atoms with Crippen LogP contribution in [0.3, 0.4) is 0 Å². The van der Waals surface area contributed by atoms with Crippen LogP contribution in [0, 0.1) is 6.92 Å². The van der Waals surface area contributed by atoms with Crippen molar-refractivity contribution in [3.05, 3.63) is 114 Å². The highest BCUT2D eigenvalue weighted by Gasteiger charge is 2.23. The third-order valence-electron chi connectivity index (χ3n) is 5.69. The van der Waals surface area contributed by atoms with E-state index in [4.69, 9.17) is 0 Å². The first kappa shape index (κ1) is 26.4. The molecule has 0 bridgehead atoms. The van der Waals surface area contributed by atoms with Crippen molar-refractivity contribution in [2.24, 2.45) is 0 Å². The second-order valence-corrected chi connectivity index (χ2v) is 8.82. The Hall–Kier alpha value is -4.19. The summed E-state index contributed by atoms with van der Waals surface area (Å²) in [7, 11) is 0. The standard InChI is InChI=1S/C30H33N3O3/c1-22-13-17-27(18-14-22)32-30(36)33-28(21-25-11-7-4-8-12-25)29(35)31-26(19-15-23(2)34)20-16-24-9-5-3-6-10-24/h3-15,17-19,26,28H,16,20-21H2,1-2H3,(H,31,35)(H2,32,33,36)/b19-15+/t26-,28+/m1/s1. The van der Waals surface area contributed by atoms with E-state index in [9.17, 15) is 14.4 Å². The Bertz CT molecular complexity index is 1160. The van der Waals surface area contributed by atoms with Crippen LogP contribution in [0.4, 0.5) is 10.5 Å². The summed E-state index contributed by atoms with van der Waals surface area (Å²) in [4.78, 5) is 37.7. The van der Waals surface area contributed by atoms with Gasteiger partial charge in [-0.05, 0) is 56.0 Å². The number of allylic oxidation sites excluding steroid dienone is 1. The molecule has 6 nitrogen and oxygen atoms in total. The predicted molar refractivity (Wildman–Crippen MR) is 144 cm³/mol. The highest BCUT2D eigenvalue weighted by Crippen LogP contribution is 2.11. The molecule has 186 valence electrons. The van der Waals surface area contributed by atoms with Crippen LogP contribution in [0.1, 0.15) is 30.0 Å². The molecule has 36 heavy (non-hydrogen) atoms. The van der Waals surface area contributed by atoms with E-state index in [2.05, 4.69) is 16.0 Å². The molecule has 6 heteroatoms. The second kappa shape index (κ2) is 13.6. The summed E-state index contributed by atoms with van der Waals surface area (Å²) < 4.78 is 0. The van der Waals surface area contributed by atoms with E-state index in [0.29, 0.717) is 18.5 Å². The fraction of sp³-hybridized carbons (Fsp3) is 0.233. The summed E-state index contributed by atoms with van der Waals surface area (Å²) >= 11 is 0. The third kappa shape index (κ3) is 9.22. The van der Waals surface area contributed by atoms with Crippen LogP contribution in [0.5, 0.6) is 0 Å². The average molecular weight is 484 g/mol. The van der Waals surface area contributed by atoms with E-state index in [1.165, 1.54) is 13.0 Å². The number of aryl methyl sites for hydroxylation is 2. The van der Waals surface area contributed by atoms with Gasteiger partial charge in [0, 0.05) is 18.2 Å². The monoisotopic (exact) mass is 483 g/mol. The van der Waals surface area contributed by atoms with Gasteiger partial charge in [-0.25, -0.2) is 4.79 Å². The molecule has 0 radical (unpaired) electrons.